The fourth-order valence-corrected chi connectivity index (χ4v) is 4.72. The van der Waals surface area contributed by atoms with Crippen LogP contribution in [0.15, 0.2) is 42.5 Å². The summed E-state index contributed by atoms with van der Waals surface area (Å²) >= 11 is 6.52. The molecule has 2 aromatic carbocycles. The molecule has 152 valence electrons. The molecule has 1 saturated carbocycles. The predicted molar refractivity (Wildman–Crippen MR) is 112 cm³/mol. The number of fused-ring (bicyclic) bond motifs is 1. The minimum Gasteiger partial charge on any atom is -0.493 e. The number of benzene rings is 2. The van der Waals surface area contributed by atoms with Gasteiger partial charge < -0.3 is 14.9 Å². The number of rotatable bonds is 10. The van der Waals surface area contributed by atoms with E-state index in [9.17, 15) is 9.90 Å². The summed E-state index contributed by atoms with van der Waals surface area (Å²) in [6.07, 6.45) is 5.02. The van der Waals surface area contributed by atoms with Crippen LogP contribution in [0.1, 0.15) is 44.9 Å². The maximum absolute atomic E-state index is 10.6. The number of hydrogen-bond donors (Lipinski definition) is 2. The fourth-order valence-electron chi connectivity index (χ4n) is 4.22. The number of carboxylic acid groups (broad SMARTS) is 1. The maximum Gasteiger partial charge on any atom is 0.303 e. The molecule has 0 aliphatic heterocycles. The van der Waals surface area contributed by atoms with Gasteiger partial charge in [0.2, 0.25) is 0 Å². The zero-order valence-electron chi connectivity index (χ0n) is 16.1. The van der Waals surface area contributed by atoms with E-state index in [1.54, 1.807) is 0 Å². The molecular formula is C23H29ClO4. The summed E-state index contributed by atoms with van der Waals surface area (Å²) in [5.41, 5.74) is 0. The van der Waals surface area contributed by atoms with Gasteiger partial charge in [0.25, 0.3) is 0 Å². The molecule has 0 radical (unpaired) electrons. The molecular weight excluding hydrogens is 376 g/mol. The van der Waals surface area contributed by atoms with Gasteiger partial charge in [0.15, 0.2) is 0 Å². The molecule has 2 aromatic rings. The summed E-state index contributed by atoms with van der Waals surface area (Å²) in [5, 5.41) is 21.4. The largest absolute Gasteiger partial charge is 0.493 e. The Hall–Kier alpha value is -1.78. The molecule has 4 atom stereocenters. The van der Waals surface area contributed by atoms with Gasteiger partial charge in [-0.25, -0.2) is 0 Å². The van der Waals surface area contributed by atoms with E-state index in [-0.39, 0.29) is 23.6 Å². The number of carbonyl (C=O) groups is 1. The minimum atomic E-state index is -0.731. The van der Waals surface area contributed by atoms with Crippen molar-refractivity contribution in [3.05, 3.63) is 42.5 Å². The summed E-state index contributed by atoms with van der Waals surface area (Å²) in [4.78, 5) is 10.6. The van der Waals surface area contributed by atoms with Crippen molar-refractivity contribution in [1.29, 1.82) is 0 Å². The molecule has 1 fully saturated rings. The monoisotopic (exact) mass is 404 g/mol. The highest BCUT2D eigenvalue weighted by Crippen LogP contribution is 2.39. The molecule has 0 aromatic heterocycles. The van der Waals surface area contributed by atoms with Gasteiger partial charge in [-0.1, -0.05) is 49.6 Å². The number of aliphatic hydroxyl groups excluding tert-OH is 1. The van der Waals surface area contributed by atoms with Crippen LogP contribution in [0.3, 0.4) is 0 Å². The number of halogens is 1. The zero-order valence-corrected chi connectivity index (χ0v) is 16.9. The summed E-state index contributed by atoms with van der Waals surface area (Å²) in [6, 6.07) is 14.2. The van der Waals surface area contributed by atoms with Crippen molar-refractivity contribution in [1.82, 2.24) is 0 Å². The van der Waals surface area contributed by atoms with Crippen LogP contribution in [-0.4, -0.2) is 34.3 Å². The predicted octanol–water partition coefficient (Wildman–Crippen LogP) is 5.25. The van der Waals surface area contributed by atoms with Crippen LogP contribution in [-0.2, 0) is 4.79 Å². The Morgan fingerprint density at radius 1 is 1.04 bits per heavy atom. The molecule has 5 heteroatoms. The van der Waals surface area contributed by atoms with Crippen LogP contribution in [0.2, 0.25) is 0 Å². The molecule has 1 aliphatic carbocycles. The van der Waals surface area contributed by atoms with Crippen LogP contribution in [0.5, 0.6) is 5.75 Å². The average molecular weight is 405 g/mol. The van der Waals surface area contributed by atoms with E-state index in [2.05, 4.69) is 18.2 Å². The Kier molecular flexibility index (Phi) is 7.57. The third kappa shape index (κ3) is 5.62. The lowest BCUT2D eigenvalue weighted by atomic mass is 9.90. The number of carboxylic acids is 1. The van der Waals surface area contributed by atoms with Crippen LogP contribution < -0.4 is 4.74 Å². The zero-order chi connectivity index (χ0) is 19.9. The van der Waals surface area contributed by atoms with Crippen LogP contribution in [0.4, 0.5) is 0 Å². The molecule has 0 saturated heterocycles. The second-order valence-electron chi connectivity index (χ2n) is 7.81. The Labute approximate surface area is 171 Å². The minimum absolute atomic E-state index is 0.0285. The van der Waals surface area contributed by atoms with Crippen molar-refractivity contribution in [2.24, 2.45) is 11.8 Å². The lowest BCUT2D eigenvalue weighted by molar-refractivity contribution is -0.137. The molecule has 0 spiro atoms. The lowest BCUT2D eigenvalue weighted by Gasteiger charge is -2.23. The van der Waals surface area contributed by atoms with Crippen molar-refractivity contribution in [2.45, 2.75) is 56.4 Å². The van der Waals surface area contributed by atoms with E-state index in [4.69, 9.17) is 21.4 Å². The number of aliphatic carboxylic acids is 1. The number of alkyl halides is 1. The Morgan fingerprint density at radius 3 is 2.57 bits per heavy atom. The number of aliphatic hydroxyl groups is 1. The van der Waals surface area contributed by atoms with Gasteiger partial charge in [-0.3, -0.25) is 4.79 Å². The Balaban J connectivity index is 1.50. The van der Waals surface area contributed by atoms with E-state index in [0.29, 0.717) is 13.0 Å². The topological polar surface area (TPSA) is 66.8 Å². The molecule has 3 rings (SSSR count). The molecule has 28 heavy (non-hydrogen) atoms. The van der Waals surface area contributed by atoms with Gasteiger partial charge in [0.05, 0.1) is 12.7 Å². The first-order valence-corrected chi connectivity index (χ1v) is 10.6. The summed E-state index contributed by atoms with van der Waals surface area (Å²) in [5.74, 6) is 0.353. The van der Waals surface area contributed by atoms with Crippen molar-refractivity contribution in [2.75, 3.05) is 6.61 Å². The highest BCUT2D eigenvalue weighted by molar-refractivity contribution is 6.21. The lowest BCUT2D eigenvalue weighted by Crippen LogP contribution is -2.27. The van der Waals surface area contributed by atoms with Crippen molar-refractivity contribution < 1.29 is 19.7 Å². The molecule has 2 N–H and O–H groups in total. The summed E-state index contributed by atoms with van der Waals surface area (Å²) < 4.78 is 6.03. The van der Waals surface area contributed by atoms with Crippen LogP contribution in [0.25, 0.3) is 10.8 Å². The third-order valence-corrected chi connectivity index (χ3v) is 6.32. The van der Waals surface area contributed by atoms with Gasteiger partial charge in [-0.2, -0.15) is 0 Å². The summed E-state index contributed by atoms with van der Waals surface area (Å²) in [7, 11) is 0. The van der Waals surface area contributed by atoms with Gasteiger partial charge >= 0.3 is 5.97 Å². The SMILES string of the molecule is O=C(O)CCCCCC[C@@H]1[C@@H](COc2ccc3ccccc3c2)[C@H](O)C[C@@H]1Cl. The molecule has 4 nitrogen and oxygen atoms in total. The molecule has 0 unspecified atom stereocenters. The maximum atomic E-state index is 10.6. The number of ether oxygens (including phenoxy) is 1. The number of hydrogen-bond acceptors (Lipinski definition) is 3. The molecule has 1 aliphatic rings. The second kappa shape index (κ2) is 10.1. The molecule has 0 heterocycles. The van der Waals surface area contributed by atoms with Crippen LogP contribution >= 0.6 is 11.6 Å². The first-order chi connectivity index (χ1) is 13.5. The highest BCUT2D eigenvalue weighted by Gasteiger charge is 2.41. The van der Waals surface area contributed by atoms with E-state index >= 15 is 0 Å². The normalized spacial score (nSPS) is 24.5. The van der Waals surface area contributed by atoms with Crippen molar-refractivity contribution in [3.63, 3.8) is 0 Å². The van der Waals surface area contributed by atoms with Gasteiger partial charge in [0.1, 0.15) is 5.75 Å². The number of unbranched alkanes of at least 4 members (excludes halogenated alkanes) is 3. The van der Waals surface area contributed by atoms with Crippen LogP contribution in [0, 0.1) is 11.8 Å². The first-order valence-electron chi connectivity index (χ1n) is 10.2. The third-order valence-electron chi connectivity index (χ3n) is 5.82. The standard InChI is InChI=1S/C23H29ClO4/c24-21-14-22(25)20(19(21)9-3-1-2-4-10-23(26)27)15-28-18-12-11-16-7-5-6-8-17(16)13-18/h5-8,11-13,19-22,25H,1-4,9-10,14-15H2,(H,26,27)/t19-,20-,21+,22-/m1/s1. The van der Waals surface area contributed by atoms with Gasteiger partial charge in [-0.05, 0) is 48.1 Å². The van der Waals surface area contributed by atoms with E-state index in [1.807, 2.05) is 24.3 Å². The van der Waals surface area contributed by atoms with E-state index in [0.717, 1.165) is 43.2 Å². The molecule has 0 bridgehead atoms. The first kappa shape index (κ1) is 20.9. The molecule has 0 amide bonds. The van der Waals surface area contributed by atoms with Crippen molar-refractivity contribution >= 4 is 28.3 Å². The van der Waals surface area contributed by atoms with Gasteiger partial charge in [-0.15, -0.1) is 11.6 Å². The average Bonchev–Trinajstić information content (AvgIpc) is 2.95. The summed E-state index contributed by atoms with van der Waals surface area (Å²) in [6.45, 7) is 0.465. The highest BCUT2D eigenvalue weighted by atomic mass is 35.5. The van der Waals surface area contributed by atoms with Gasteiger partial charge in [0, 0.05) is 17.7 Å². The van der Waals surface area contributed by atoms with E-state index < -0.39 is 12.1 Å². The Bertz CT molecular complexity index is 778. The van der Waals surface area contributed by atoms with E-state index in [1.165, 1.54) is 5.39 Å². The smallest absolute Gasteiger partial charge is 0.303 e. The quantitative estimate of drug-likeness (QED) is 0.419. The van der Waals surface area contributed by atoms with Crippen molar-refractivity contribution in [3.8, 4) is 5.75 Å². The fraction of sp³-hybridized carbons (Fsp3) is 0.522. The second-order valence-corrected chi connectivity index (χ2v) is 8.37. The Morgan fingerprint density at radius 2 is 1.79 bits per heavy atom.